The van der Waals surface area contributed by atoms with Crippen LogP contribution in [0.4, 0.5) is 0 Å². The van der Waals surface area contributed by atoms with E-state index in [4.69, 9.17) is 23.7 Å². The molecule has 0 spiro atoms. The van der Waals surface area contributed by atoms with Crippen molar-refractivity contribution < 1.29 is 121 Å². The van der Waals surface area contributed by atoms with Gasteiger partial charge in [0, 0.05) is 81.3 Å². The van der Waals surface area contributed by atoms with Crippen LogP contribution in [0.1, 0.15) is 97.3 Å². The van der Waals surface area contributed by atoms with Gasteiger partial charge in [0.25, 0.3) is 0 Å². The molecule has 432 valence electrons. The largest absolute Gasteiger partial charge is 0.508 e. The van der Waals surface area contributed by atoms with Gasteiger partial charge in [-0.1, -0.05) is 18.2 Å². The van der Waals surface area contributed by atoms with Crippen LogP contribution in [0.15, 0.2) is 103 Å². The lowest BCUT2D eigenvalue weighted by atomic mass is 9.71. The van der Waals surface area contributed by atoms with Crippen LogP contribution in [-0.2, 0) is 12.2 Å². The summed E-state index contributed by atoms with van der Waals surface area (Å²) in [6.07, 6.45) is -13.0. The van der Waals surface area contributed by atoms with Gasteiger partial charge in [0.05, 0.1) is 23.9 Å². The van der Waals surface area contributed by atoms with Gasteiger partial charge in [-0.25, -0.2) is 0 Å². The molecule has 13 rings (SSSR count). The number of benzene rings is 8. The molecule has 0 unspecified atom stereocenters. The van der Waals surface area contributed by atoms with Gasteiger partial charge in [-0.3, -0.25) is 0 Å². The average molecular weight is 1150 g/mol. The third-order valence-corrected chi connectivity index (χ3v) is 16.4. The molecule has 0 amide bonds. The summed E-state index contributed by atoms with van der Waals surface area (Å²) in [6.45, 7) is 0. The Bertz CT molecular complexity index is 4110. The van der Waals surface area contributed by atoms with Crippen molar-refractivity contribution in [3.05, 3.63) is 164 Å². The molecular formula is C60H48O24. The maximum Gasteiger partial charge on any atom is 0.305 e. The van der Waals surface area contributed by atoms with Crippen molar-refractivity contribution in [3.8, 4) is 115 Å². The van der Waals surface area contributed by atoms with Crippen molar-refractivity contribution in [1.29, 1.82) is 0 Å². The van der Waals surface area contributed by atoms with E-state index in [-0.39, 0.29) is 56.2 Å². The summed E-state index contributed by atoms with van der Waals surface area (Å²) in [6, 6.07) is 18.2. The topological polar surface area (TPSA) is 431 Å². The predicted molar refractivity (Wildman–Crippen MR) is 283 cm³/mol. The van der Waals surface area contributed by atoms with Gasteiger partial charge in [0.1, 0.15) is 93.4 Å². The zero-order valence-corrected chi connectivity index (χ0v) is 42.8. The number of aromatic hydroxyl groups is 15. The Morgan fingerprint density at radius 2 is 0.738 bits per heavy atom. The summed E-state index contributed by atoms with van der Waals surface area (Å²) in [5, 5.41) is 218. The smallest absolute Gasteiger partial charge is 0.305 e. The highest BCUT2D eigenvalue weighted by atomic mass is 16.7. The van der Waals surface area contributed by atoms with Crippen molar-refractivity contribution in [3.63, 3.8) is 0 Å². The minimum absolute atomic E-state index is 0.0872. The second-order valence-corrected chi connectivity index (χ2v) is 21.2. The van der Waals surface area contributed by atoms with E-state index in [1.807, 2.05) is 0 Å². The summed E-state index contributed by atoms with van der Waals surface area (Å²) >= 11 is 0. The van der Waals surface area contributed by atoms with Crippen molar-refractivity contribution in [2.45, 2.75) is 72.7 Å². The van der Waals surface area contributed by atoms with Gasteiger partial charge in [-0.2, -0.15) is 0 Å². The monoisotopic (exact) mass is 1150 g/mol. The number of hydrogen-bond acceptors (Lipinski definition) is 24. The van der Waals surface area contributed by atoms with Crippen LogP contribution in [0.25, 0.3) is 0 Å². The number of aliphatic hydroxyl groups excluding tert-OH is 4. The molecule has 2 bridgehead atoms. The average Bonchev–Trinajstić information content (AvgIpc) is 0.881. The Hall–Kier alpha value is -10.4. The molecule has 0 fully saturated rings. The van der Waals surface area contributed by atoms with Crippen molar-refractivity contribution in [2.75, 3.05) is 0 Å². The highest BCUT2D eigenvalue weighted by molar-refractivity contribution is 5.74. The van der Waals surface area contributed by atoms with Gasteiger partial charge in [-0.15, -0.1) is 0 Å². The van der Waals surface area contributed by atoms with Gasteiger partial charge in [0.15, 0.2) is 58.2 Å². The first-order valence-electron chi connectivity index (χ1n) is 25.8. The molecule has 0 aromatic heterocycles. The Balaban J connectivity index is 1.09. The van der Waals surface area contributed by atoms with Gasteiger partial charge in [0.2, 0.25) is 0 Å². The van der Waals surface area contributed by atoms with Crippen LogP contribution >= 0.6 is 0 Å². The highest BCUT2D eigenvalue weighted by Crippen LogP contribution is 2.67. The van der Waals surface area contributed by atoms with E-state index in [2.05, 4.69) is 0 Å². The number of fused-ring (bicyclic) bond motifs is 10. The number of phenolic OH excluding ortho intramolecular Hbond substituents is 15. The normalized spacial score (nSPS) is 25.1. The molecule has 24 heteroatoms. The molecular weight excluding hydrogens is 1100 g/mol. The molecule has 11 atom stereocenters. The van der Waals surface area contributed by atoms with Gasteiger partial charge >= 0.3 is 5.79 Å². The zero-order valence-electron chi connectivity index (χ0n) is 42.8. The summed E-state index contributed by atoms with van der Waals surface area (Å²) < 4.78 is 32.7. The molecule has 0 saturated carbocycles. The van der Waals surface area contributed by atoms with E-state index in [1.165, 1.54) is 24.3 Å². The highest BCUT2D eigenvalue weighted by Gasteiger charge is 2.61. The summed E-state index contributed by atoms with van der Waals surface area (Å²) in [5.74, 6) is -20.1. The molecule has 0 saturated heterocycles. The molecule has 5 heterocycles. The van der Waals surface area contributed by atoms with Crippen LogP contribution in [-0.4, -0.2) is 121 Å². The SMILES string of the molecule is Oc1cc(O)c2c(c1)O[C@@]1(c3ccc(O)c(O)c3)Oc3cc(O)c4c(c3[C@@H]2[C@H]1O)O[C@H](c1ccc(O)c(O)c1)[C@H](O)[C@H]4c1c(O)cc(O)c2c1O[C@H](c1ccc(O)c(O)c1)[C@H](O)[C@H]2c1c(O)cc(O)c2c1O[C@H](c1ccc(O)c(O)c1)[C@H](O)C2. The fraction of sp³-hybridized carbons (Fsp3) is 0.200. The van der Waals surface area contributed by atoms with Crippen molar-refractivity contribution >= 4 is 0 Å². The number of rotatable bonds is 6. The van der Waals surface area contributed by atoms with Gasteiger partial charge < -0.3 is 121 Å². The predicted octanol–water partition coefficient (Wildman–Crippen LogP) is 5.69. The maximum atomic E-state index is 13.1. The van der Waals surface area contributed by atoms with Crippen LogP contribution in [0.3, 0.4) is 0 Å². The quantitative estimate of drug-likeness (QED) is 0.0889. The number of ether oxygens (including phenoxy) is 5. The first kappa shape index (κ1) is 52.9. The maximum absolute atomic E-state index is 13.1. The Morgan fingerprint density at radius 1 is 0.333 bits per heavy atom. The van der Waals surface area contributed by atoms with Crippen LogP contribution < -0.4 is 23.7 Å². The van der Waals surface area contributed by atoms with E-state index in [9.17, 15) is 97.0 Å². The van der Waals surface area contributed by atoms with Crippen LogP contribution in [0.5, 0.6) is 115 Å². The minimum atomic E-state index is -2.44. The van der Waals surface area contributed by atoms with Crippen LogP contribution in [0.2, 0.25) is 0 Å². The van der Waals surface area contributed by atoms with E-state index in [0.717, 1.165) is 78.9 Å². The zero-order chi connectivity index (χ0) is 59.4. The Labute approximate surface area is 471 Å². The first-order valence-corrected chi connectivity index (χ1v) is 25.8. The summed E-state index contributed by atoms with van der Waals surface area (Å²) in [7, 11) is 0. The second kappa shape index (κ2) is 18.6. The summed E-state index contributed by atoms with van der Waals surface area (Å²) in [5.41, 5.74) is -2.64. The van der Waals surface area contributed by atoms with Crippen molar-refractivity contribution in [2.24, 2.45) is 0 Å². The third-order valence-electron chi connectivity index (χ3n) is 16.4. The molecule has 0 aliphatic carbocycles. The Kier molecular flexibility index (Phi) is 11.7. The summed E-state index contributed by atoms with van der Waals surface area (Å²) in [4.78, 5) is 0. The Morgan fingerprint density at radius 3 is 1.24 bits per heavy atom. The molecule has 0 radical (unpaired) electrons. The second-order valence-electron chi connectivity index (χ2n) is 21.2. The molecule has 84 heavy (non-hydrogen) atoms. The molecule has 5 aliphatic heterocycles. The molecule has 8 aromatic rings. The first-order chi connectivity index (χ1) is 40.0. The standard InChI is InChI=1S/C60H48O24/c61-23-13-34(71)42-40(14-23)83-60(22-4-8-28(65)33(70)12-22)59(79)50(42)47-41(84-60)18-38(75)46-49(52(78)55(82-58(46)47)21-3-7-27(64)32(69)11-21)45-37(74)17-36(73)44-48(51(77)54(81-57(44)45)20-2-6-26(63)31(68)10-20)43-35(72)16-29(66)24-15-39(76)53(80-56(24)43)19-1-5-25(62)30(67)9-19/h1-14,16-18,39,48-55,59,61-79H,15H2/t39-,48+,49+,50-,51-,52-,53-,54-,55-,59-,60+/m1/s1. The molecule has 5 aliphatic rings. The lowest BCUT2D eigenvalue weighted by Crippen LogP contribution is -2.57. The minimum Gasteiger partial charge on any atom is -0.508 e. The third kappa shape index (κ3) is 7.68. The lowest BCUT2D eigenvalue weighted by Gasteiger charge is -2.51. The number of phenols is 15. The molecule has 24 nitrogen and oxygen atoms in total. The van der Waals surface area contributed by atoms with Crippen LogP contribution in [0, 0.1) is 0 Å². The van der Waals surface area contributed by atoms with Crippen molar-refractivity contribution in [1.82, 2.24) is 0 Å². The molecule has 8 aromatic carbocycles. The van der Waals surface area contributed by atoms with E-state index in [1.54, 1.807) is 0 Å². The van der Waals surface area contributed by atoms with E-state index in [0.29, 0.717) is 0 Å². The fourth-order valence-corrected chi connectivity index (χ4v) is 12.6. The van der Waals surface area contributed by atoms with Gasteiger partial charge in [-0.05, 0) is 71.3 Å². The lowest BCUT2D eigenvalue weighted by molar-refractivity contribution is -0.219. The number of hydrogen-bond donors (Lipinski definition) is 19. The fourth-order valence-electron chi connectivity index (χ4n) is 12.6. The van der Waals surface area contributed by atoms with E-state index < -0.39 is 193 Å². The number of aliphatic hydroxyl groups is 4. The molecule has 19 N–H and O–H groups in total. The van der Waals surface area contributed by atoms with E-state index >= 15 is 0 Å².